The fraction of sp³-hybridized carbons (Fsp3) is 0.211. The van der Waals surface area contributed by atoms with Gasteiger partial charge in [0, 0.05) is 11.1 Å². The lowest BCUT2D eigenvalue weighted by Crippen LogP contribution is -2.24. The zero-order valence-corrected chi connectivity index (χ0v) is 16.9. The number of benzene rings is 1. The van der Waals surface area contributed by atoms with Crippen LogP contribution in [0.5, 0.6) is 11.7 Å². The fourth-order valence-corrected chi connectivity index (χ4v) is 2.64. The highest BCUT2D eigenvalue weighted by Crippen LogP contribution is 2.29. The predicted molar refractivity (Wildman–Crippen MR) is 106 cm³/mol. The van der Waals surface area contributed by atoms with Crippen molar-refractivity contribution in [1.29, 1.82) is 0 Å². The van der Waals surface area contributed by atoms with E-state index in [1.807, 2.05) is 0 Å². The number of carbonyl (C=O) groups excluding carboxylic acids is 3. The van der Waals surface area contributed by atoms with Crippen molar-refractivity contribution in [3.63, 3.8) is 0 Å². The summed E-state index contributed by atoms with van der Waals surface area (Å²) in [5, 5.41) is 19.9. The van der Waals surface area contributed by atoms with Gasteiger partial charge >= 0.3 is 5.63 Å². The number of ketones is 1. The van der Waals surface area contributed by atoms with Gasteiger partial charge in [0.15, 0.2) is 5.78 Å². The largest absolute Gasteiger partial charge is 0.506 e. The molecule has 1 aromatic heterocycles. The summed E-state index contributed by atoms with van der Waals surface area (Å²) < 4.78 is 4.61. The number of hydrogen-bond acceptors (Lipinski definition) is 10. The topological polar surface area (TPSA) is 177 Å². The van der Waals surface area contributed by atoms with E-state index in [1.165, 1.54) is 39.3 Å². The molecular formula is C19H19N3O9. The lowest BCUT2D eigenvalue weighted by molar-refractivity contribution is 0.0533. The maximum atomic E-state index is 12.1. The molecule has 12 heteroatoms. The lowest BCUT2D eigenvalue weighted by Gasteiger charge is -2.09. The van der Waals surface area contributed by atoms with E-state index in [2.05, 4.69) is 30.0 Å². The zero-order chi connectivity index (χ0) is 23.3. The molecule has 2 amide bonds. The second-order valence-electron chi connectivity index (χ2n) is 6.09. The van der Waals surface area contributed by atoms with Crippen molar-refractivity contribution < 1.29 is 38.7 Å². The molecule has 0 saturated carbocycles. The van der Waals surface area contributed by atoms with Crippen LogP contribution in [0.2, 0.25) is 0 Å². The number of nitrogens with one attached hydrogen (secondary N) is 2. The number of hydrogen-bond donors (Lipinski definition) is 4. The molecule has 0 aliphatic rings. The van der Waals surface area contributed by atoms with Crippen LogP contribution < -0.4 is 16.6 Å². The summed E-state index contributed by atoms with van der Waals surface area (Å²) >= 11 is 0. The van der Waals surface area contributed by atoms with Gasteiger partial charge in [-0.2, -0.15) is 0 Å². The molecule has 2 aromatic rings. The number of nitrogens with zero attached hydrogens (tertiary/aromatic N) is 1. The first-order valence-corrected chi connectivity index (χ1v) is 8.58. The van der Waals surface area contributed by atoms with Crippen molar-refractivity contribution in [3.05, 3.63) is 50.9 Å². The van der Waals surface area contributed by atoms with Crippen molar-refractivity contribution in [2.75, 3.05) is 14.2 Å². The standard InChI is InChI=1S/C19H19N3O9/c1-8(13-15(24)14(9(2)23)19(28)31-18(13)27)20-12-6-10(16(25)21-29-3)5-11(7-12)17(26)22-30-4/h5-7,24,28H,1-4H3,(H,21,25)(H,22,26). The van der Waals surface area contributed by atoms with Crippen LogP contribution in [-0.4, -0.2) is 47.7 Å². The van der Waals surface area contributed by atoms with Gasteiger partial charge in [0.05, 0.1) is 25.6 Å². The van der Waals surface area contributed by atoms with Gasteiger partial charge in [-0.1, -0.05) is 0 Å². The minimum absolute atomic E-state index is 0.0106. The number of carbonyl (C=O) groups is 3. The normalized spacial score (nSPS) is 11.2. The van der Waals surface area contributed by atoms with E-state index in [0.717, 1.165) is 6.92 Å². The van der Waals surface area contributed by atoms with Crippen LogP contribution in [0.1, 0.15) is 50.5 Å². The molecular weight excluding hydrogens is 414 g/mol. The molecule has 1 heterocycles. The van der Waals surface area contributed by atoms with Crippen molar-refractivity contribution >= 4 is 29.0 Å². The molecule has 4 N–H and O–H groups in total. The Hall–Kier alpha value is -4.03. The van der Waals surface area contributed by atoms with E-state index < -0.39 is 46.0 Å². The van der Waals surface area contributed by atoms with Crippen LogP contribution in [-0.2, 0) is 9.68 Å². The molecule has 12 nitrogen and oxygen atoms in total. The van der Waals surface area contributed by atoms with E-state index in [0.29, 0.717) is 0 Å². The molecule has 0 aliphatic heterocycles. The number of aromatic hydroxyl groups is 2. The van der Waals surface area contributed by atoms with Crippen molar-refractivity contribution in [2.24, 2.45) is 4.99 Å². The first-order valence-electron chi connectivity index (χ1n) is 8.58. The number of amides is 2. The fourth-order valence-electron chi connectivity index (χ4n) is 2.64. The third-order valence-electron chi connectivity index (χ3n) is 3.92. The molecule has 0 bridgehead atoms. The summed E-state index contributed by atoms with van der Waals surface area (Å²) in [6, 6.07) is 3.82. The highest BCUT2D eigenvalue weighted by molar-refractivity contribution is 6.07. The quantitative estimate of drug-likeness (QED) is 0.281. The van der Waals surface area contributed by atoms with Gasteiger partial charge in [-0.25, -0.2) is 15.8 Å². The summed E-state index contributed by atoms with van der Waals surface area (Å²) in [5.41, 5.74) is 1.89. The van der Waals surface area contributed by atoms with Crippen molar-refractivity contribution in [2.45, 2.75) is 13.8 Å². The second kappa shape index (κ2) is 9.65. The monoisotopic (exact) mass is 433 g/mol. The van der Waals surface area contributed by atoms with Gasteiger partial charge in [0.25, 0.3) is 17.8 Å². The molecule has 0 saturated heterocycles. The Morgan fingerprint density at radius 2 is 1.45 bits per heavy atom. The van der Waals surface area contributed by atoms with Gasteiger partial charge < -0.3 is 14.6 Å². The molecule has 31 heavy (non-hydrogen) atoms. The van der Waals surface area contributed by atoms with Crippen LogP contribution in [0, 0.1) is 0 Å². The molecule has 2 rings (SSSR count). The number of aliphatic imine (C=N–C) groups is 1. The Kier molecular flexibility index (Phi) is 7.24. The molecule has 0 aliphatic carbocycles. The molecule has 0 unspecified atom stereocenters. The highest BCUT2D eigenvalue weighted by atomic mass is 16.6. The smallest absolute Gasteiger partial charge is 0.351 e. The molecule has 1 aromatic carbocycles. The predicted octanol–water partition coefficient (Wildman–Crippen LogP) is 0.977. The second-order valence-corrected chi connectivity index (χ2v) is 6.09. The zero-order valence-electron chi connectivity index (χ0n) is 16.9. The summed E-state index contributed by atoms with van der Waals surface area (Å²) in [5.74, 6) is -3.95. The van der Waals surface area contributed by atoms with E-state index in [9.17, 15) is 29.4 Å². The first kappa shape index (κ1) is 23.3. The van der Waals surface area contributed by atoms with E-state index >= 15 is 0 Å². The van der Waals surface area contributed by atoms with Crippen LogP contribution in [0.4, 0.5) is 5.69 Å². The SMILES string of the molecule is CONC(=O)c1cc(N=C(C)c2c(O)c(C(C)=O)c(O)oc2=O)cc(C(=O)NOC)c1. The maximum Gasteiger partial charge on any atom is 0.351 e. The summed E-state index contributed by atoms with van der Waals surface area (Å²) in [6.45, 7) is 2.38. The average Bonchev–Trinajstić information content (AvgIpc) is 2.67. The first-order chi connectivity index (χ1) is 14.6. The number of hydroxylamine groups is 2. The Morgan fingerprint density at radius 3 is 1.90 bits per heavy atom. The molecule has 0 spiro atoms. The number of Topliss-reactive ketones (excluding diaryl/α,β-unsaturated/α-hetero) is 1. The molecule has 0 atom stereocenters. The average molecular weight is 433 g/mol. The summed E-state index contributed by atoms with van der Waals surface area (Å²) in [7, 11) is 2.45. The third kappa shape index (κ3) is 5.12. The Bertz CT molecular complexity index is 1100. The van der Waals surface area contributed by atoms with Crippen LogP contribution in [0.3, 0.4) is 0 Å². The number of rotatable bonds is 7. The van der Waals surface area contributed by atoms with E-state index in [-0.39, 0.29) is 22.5 Å². The van der Waals surface area contributed by atoms with Gasteiger partial charge in [-0.15, -0.1) is 0 Å². The van der Waals surface area contributed by atoms with Crippen LogP contribution in [0.25, 0.3) is 0 Å². The lowest BCUT2D eigenvalue weighted by atomic mass is 10.1. The van der Waals surface area contributed by atoms with E-state index in [4.69, 9.17) is 0 Å². The van der Waals surface area contributed by atoms with Crippen molar-refractivity contribution in [1.82, 2.24) is 11.0 Å². The summed E-state index contributed by atoms with van der Waals surface area (Å²) in [6.07, 6.45) is 0. The maximum absolute atomic E-state index is 12.1. The highest BCUT2D eigenvalue weighted by Gasteiger charge is 2.24. The van der Waals surface area contributed by atoms with Crippen LogP contribution in [0.15, 0.2) is 32.4 Å². The molecule has 0 fully saturated rings. The molecule has 0 radical (unpaired) electrons. The minimum atomic E-state index is -1.15. The van der Waals surface area contributed by atoms with Gasteiger partial charge in [-0.3, -0.25) is 29.1 Å². The minimum Gasteiger partial charge on any atom is -0.506 e. The summed E-state index contributed by atoms with van der Waals surface area (Å²) in [4.78, 5) is 61.4. The third-order valence-corrected chi connectivity index (χ3v) is 3.92. The van der Waals surface area contributed by atoms with Gasteiger partial charge in [0.2, 0.25) is 0 Å². The van der Waals surface area contributed by atoms with E-state index in [1.54, 1.807) is 0 Å². The molecule has 164 valence electrons. The Balaban J connectivity index is 2.67. The van der Waals surface area contributed by atoms with Gasteiger partial charge in [0.1, 0.15) is 16.9 Å². The van der Waals surface area contributed by atoms with Crippen molar-refractivity contribution in [3.8, 4) is 11.7 Å². The Morgan fingerprint density at radius 1 is 0.935 bits per heavy atom. The van der Waals surface area contributed by atoms with Gasteiger partial charge in [-0.05, 0) is 32.0 Å². The Labute approximate surface area is 175 Å². The van der Waals surface area contributed by atoms with Crippen LogP contribution >= 0.6 is 0 Å².